The zero-order chi connectivity index (χ0) is 15.7. The quantitative estimate of drug-likeness (QED) is 0.800. The first-order valence-electron chi connectivity index (χ1n) is 7.56. The number of halogens is 3. The Hall–Kier alpha value is -1.03. The topological polar surface area (TPSA) is 12.0 Å². The minimum Gasteiger partial charge on any atom is -0.307 e. The third kappa shape index (κ3) is 3.79. The first kappa shape index (κ1) is 16.3. The Labute approximate surface area is 124 Å². The van der Waals surface area contributed by atoms with Crippen LogP contribution >= 0.6 is 0 Å². The number of benzene rings is 1. The first-order valence-corrected chi connectivity index (χ1v) is 7.56. The molecular formula is C17H24F3N. The molecule has 1 fully saturated rings. The highest BCUT2D eigenvalue weighted by Gasteiger charge is 2.43. The van der Waals surface area contributed by atoms with Crippen molar-refractivity contribution in [3.63, 3.8) is 0 Å². The SMILES string of the molecule is CC(C)(C)CC1(c2ccccc2C(F)(F)F)CCCCN1. The van der Waals surface area contributed by atoms with Gasteiger partial charge in [0.2, 0.25) is 0 Å². The summed E-state index contributed by atoms with van der Waals surface area (Å²) in [6.45, 7) is 7.03. The van der Waals surface area contributed by atoms with E-state index < -0.39 is 17.3 Å². The summed E-state index contributed by atoms with van der Waals surface area (Å²) in [4.78, 5) is 0. The Bertz CT molecular complexity index is 480. The molecule has 1 heterocycles. The number of nitrogens with one attached hydrogen (secondary N) is 1. The normalized spacial score (nSPS) is 24.1. The highest BCUT2D eigenvalue weighted by atomic mass is 19.4. The third-order valence-corrected chi connectivity index (χ3v) is 4.07. The predicted molar refractivity (Wildman–Crippen MR) is 79.0 cm³/mol. The van der Waals surface area contributed by atoms with Crippen molar-refractivity contribution in [2.45, 2.75) is 58.2 Å². The van der Waals surface area contributed by atoms with Crippen LogP contribution in [0.2, 0.25) is 0 Å². The standard InChI is InChI=1S/C17H24F3N/c1-15(2,3)12-16(10-6-7-11-21-16)13-8-4-5-9-14(13)17(18,19)20/h4-5,8-9,21H,6-7,10-12H2,1-3H3. The van der Waals surface area contributed by atoms with Crippen LogP contribution in [0.1, 0.15) is 57.6 Å². The zero-order valence-electron chi connectivity index (χ0n) is 13.0. The maximum absolute atomic E-state index is 13.4. The summed E-state index contributed by atoms with van der Waals surface area (Å²) >= 11 is 0. The summed E-state index contributed by atoms with van der Waals surface area (Å²) in [5, 5.41) is 3.42. The Morgan fingerprint density at radius 2 is 1.76 bits per heavy atom. The average molecular weight is 299 g/mol. The summed E-state index contributed by atoms with van der Waals surface area (Å²) in [6, 6.07) is 6.04. The van der Waals surface area contributed by atoms with Crippen LogP contribution in [0.15, 0.2) is 24.3 Å². The van der Waals surface area contributed by atoms with Crippen molar-refractivity contribution in [1.82, 2.24) is 5.32 Å². The van der Waals surface area contributed by atoms with Crippen molar-refractivity contribution >= 4 is 0 Å². The fourth-order valence-corrected chi connectivity index (χ4v) is 3.50. The Morgan fingerprint density at radius 1 is 1.10 bits per heavy atom. The molecule has 0 aliphatic carbocycles. The van der Waals surface area contributed by atoms with Gasteiger partial charge < -0.3 is 5.32 Å². The van der Waals surface area contributed by atoms with Gasteiger partial charge in [-0.2, -0.15) is 13.2 Å². The number of alkyl halides is 3. The molecule has 1 aliphatic heterocycles. The lowest BCUT2D eigenvalue weighted by Gasteiger charge is -2.44. The van der Waals surface area contributed by atoms with Gasteiger partial charge >= 0.3 is 6.18 Å². The van der Waals surface area contributed by atoms with E-state index in [0.29, 0.717) is 12.0 Å². The van der Waals surface area contributed by atoms with Crippen molar-refractivity contribution in [2.24, 2.45) is 5.41 Å². The molecule has 0 bridgehead atoms. The molecule has 1 aliphatic rings. The van der Waals surface area contributed by atoms with E-state index >= 15 is 0 Å². The summed E-state index contributed by atoms with van der Waals surface area (Å²) in [6.07, 6.45) is -0.847. The monoisotopic (exact) mass is 299 g/mol. The summed E-state index contributed by atoms with van der Waals surface area (Å²) < 4.78 is 40.1. The van der Waals surface area contributed by atoms with Gasteiger partial charge in [0, 0.05) is 5.54 Å². The van der Waals surface area contributed by atoms with E-state index in [0.717, 1.165) is 25.8 Å². The number of piperidine rings is 1. The predicted octanol–water partition coefficient (Wildman–Crippen LogP) is 5.11. The molecule has 0 amide bonds. The summed E-state index contributed by atoms with van der Waals surface area (Å²) in [7, 11) is 0. The van der Waals surface area contributed by atoms with Crippen molar-refractivity contribution < 1.29 is 13.2 Å². The van der Waals surface area contributed by atoms with Gasteiger partial charge in [-0.25, -0.2) is 0 Å². The molecule has 1 aromatic carbocycles. The van der Waals surface area contributed by atoms with Gasteiger partial charge in [-0.15, -0.1) is 0 Å². The highest BCUT2D eigenvalue weighted by molar-refractivity contribution is 5.36. The fraction of sp³-hybridized carbons (Fsp3) is 0.647. The molecule has 0 radical (unpaired) electrons. The number of hydrogen-bond donors (Lipinski definition) is 1. The van der Waals surface area contributed by atoms with Crippen molar-refractivity contribution in [3.05, 3.63) is 35.4 Å². The molecule has 1 nitrogen and oxygen atoms in total. The van der Waals surface area contributed by atoms with Gasteiger partial charge in [-0.1, -0.05) is 45.4 Å². The van der Waals surface area contributed by atoms with E-state index in [1.807, 2.05) is 0 Å². The van der Waals surface area contributed by atoms with Crippen LogP contribution in [-0.4, -0.2) is 6.54 Å². The summed E-state index contributed by atoms with van der Waals surface area (Å²) in [5.74, 6) is 0. The first-order chi connectivity index (χ1) is 9.64. The smallest absolute Gasteiger partial charge is 0.307 e. The van der Waals surface area contributed by atoms with Gasteiger partial charge in [-0.3, -0.25) is 0 Å². The van der Waals surface area contributed by atoms with Gasteiger partial charge in [0.1, 0.15) is 0 Å². The van der Waals surface area contributed by atoms with Crippen LogP contribution in [0.25, 0.3) is 0 Å². The summed E-state index contributed by atoms with van der Waals surface area (Å²) in [5.41, 5.74) is -0.693. The van der Waals surface area contributed by atoms with Crippen LogP contribution in [0, 0.1) is 5.41 Å². The highest BCUT2D eigenvalue weighted by Crippen LogP contribution is 2.45. The van der Waals surface area contributed by atoms with Crippen LogP contribution in [0.3, 0.4) is 0 Å². The molecule has 1 atom stereocenters. The Morgan fingerprint density at radius 3 is 2.29 bits per heavy atom. The van der Waals surface area contributed by atoms with E-state index in [-0.39, 0.29) is 5.41 Å². The number of hydrogen-bond acceptors (Lipinski definition) is 1. The van der Waals surface area contributed by atoms with Crippen LogP contribution in [-0.2, 0) is 11.7 Å². The molecule has 0 saturated carbocycles. The van der Waals surface area contributed by atoms with Crippen molar-refractivity contribution in [2.75, 3.05) is 6.54 Å². The molecule has 1 aromatic rings. The molecule has 1 saturated heterocycles. The van der Waals surface area contributed by atoms with E-state index in [9.17, 15) is 13.2 Å². The third-order valence-electron chi connectivity index (χ3n) is 4.07. The molecular weight excluding hydrogens is 275 g/mol. The molecule has 21 heavy (non-hydrogen) atoms. The molecule has 0 spiro atoms. The van der Waals surface area contributed by atoms with E-state index in [1.54, 1.807) is 12.1 Å². The largest absolute Gasteiger partial charge is 0.416 e. The van der Waals surface area contributed by atoms with Gasteiger partial charge in [0.05, 0.1) is 5.56 Å². The minimum absolute atomic E-state index is 0.0386. The maximum atomic E-state index is 13.4. The Balaban J connectivity index is 2.52. The van der Waals surface area contributed by atoms with E-state index in [1.165, 1.54) is 12.1 Å². The molecule has 4 heteroatoms. The zero-order valence-corrected chi connectivity index (χ0v) is 13.0. The lowest BCUT2D eigenvalue weighted by atomic mass is 9.70. The molecule has 1 N–H and O–H groups in total. The average Bonchev–Trinajstić information content (AvgIpc) is 2.37. The molecule has 0 aromatic heterocycles. The maximum Gasteiger partial charge on any atom is 0.416 e. The van der Waals surface area contributed by atoms with Crippen LogP contribution in [0.5, 0.6) is 0 Å². The van der Waals surface area contributed by atoms with E-state index in [4.69, 9.17) is 0 Å². The van der Waals surface area contributed by atoms with Crippen molar-refractivity contribution in [1.29, 1.82) is 0 Å². The second kappa shape index (κ2) is 5.64. The van der Waals surface area contributed by atoms with Gasteiger partial charge in [-0.05, 0) is 42.9 Å². The number of rotatable bonds is 2. The second-order valence-electron chi connectivity index (χ2n) is 7.25. The molecule has 118 valence electrons. The van der Waals surface area contributed by atoms with Gasteiger partial charge in [0.15, 0.2) is 0 Å². The lowest BCUT2D eigenvalue weighted by molar-refractivity contribution is -0.139. The van der Waals surface area contributed by atoms with Gasteiger partial charge in [0.25, 0.3) is 0 Å². The van der Waals surface area contributed by atoms with Crippen molar-refractivity contribution in [3.8, 4) is 0 Å². The van der Waals surface area contributed by atoms with E-state index in [2.05, 4.69) is 26.1 Å². The Kier molecular flexibility index (Phi) is 4.39. The van der Waals surface area contributed by atoms with Crippen LogP contribution < -0.4 is 5.32 Å². The minimum atomic E-state index is -4.30. The van der Waals surface area contributed by atoms with Crippen LogP contribution in [0.4, 0.5) is 13.2 Å². The molecule has 2 rings (SSSR count). The lowest BCUT2D eigenvalue weighted by Crippen LogP contribution is -2.49. The molecule has 1 unspecified atom stereocenters. The fourth-order valence-electron chi connectivity index (χ4n) is 3.50. The second-order valence-corrected chi connectivity index (χ2v) is 7.25.